The second-order valence-corrected chi connectivity index (χ2v) is 2.86. The van der Waals surface area contributed by atoms with Gasteiger partial charge in [0.25, 0.3) is 0 Å². The molecular weight excluding hydrogens is 186 g/mol. The van der Waals surface area contributed by atoms with Crippen LogP contribution >= 0.6 is 0 Å². The topological polar surface area (TPSA) is 84.2 Å². The molecule has 1 amide bonds. The first-order chi connectivity index (χ1) is 6.52. The van der Waals surface area contributed by atoms with Crippen molar-refractivity contribution in [2.24, 2.45) is 0 Å². The van der Waals surface area contributed by atoms with Crippen molar-refractivity contribution in [1.29, 1.82) is 0 Å². The van der Waals surface area contributed by atoms with Gasteiger partial charge in [0.05, 0.1) is 6.20 Å². The Hall–Kier alpha value is -1.85. The number of hydrogen-bond donors (Lipinski definition) is 2. The minimum atomic E-state index is -1.000. The van der Waals surface area contributed by atoms with Gasteiger partial charge in [0.1, 0.15) is 11.9 Å². The number of anilines is 1. The van der Waals surface area contributed by atoms with Crippen molar-refractivity contribution in [2.75, 3.05) is 5.32 Å². The van der Waals surface area contributed by atoms with Crippen molar-refractivity contribution in [1.82, 2.24) is 9.78 Å². The summed E-state index contributed by atoms with van der Waals surface area (Å²) in [5.41, 5.74) is 0. The van der Waals surface area contributed by atoms with E-state index in [1.54, 1.807) is 6.07 Å². The average Bonchev–Trinajstić information content (AvgIpc) is 2.49. The van der Waals surface area contributed by atoms with Crippen molar-refractivity contribution >= 4 is 17.7 Å². The molecule has 14 heavy (non-hydrogen) atoms. The molecular formula is C8H11N3O3. The summed E-state index contributed by atoms with van der Waals surface area (Å²) in [6.45, 7) is 2.84. The summed E-state index contributed by atoms with van der Waals surface area (Å²) in [4.78, 5) is 21.4. The molecule has 0 aliphatic heterocycles. The van der Waals surface area contributed by atoms with E-state index in [2.05, 4.69) is 10.4 Å². The van der Waals surface area contributed by atoms with Crippen LogP contribution in [0.25, 0.3) is 0 Å². The summed E-state index contributed by atoms with van der Waals surface area (Å²) in [7, 11) is 0. The molecule has 1 rings (SSSR count). The fraction of sp³-hybridized carbons (Fsp3) is 0.375. The van der Waals surface area contributed by atoms with Crippen molar-refractivity contribution in [2.45, 2.75) is 19.9 Å². The van der Waals surface area contributed by atoms with E-state index in [4.69, 9.17) is 5.11 Å². The Morgan fingerprint density at radius 2 is 2.29 bits per heavy atom. The predicted octanol–water partition coefficient (Wildman–Crippen LogP) is 0.487. The molecule has 1 aromatic heterocycles. The Balaban J connectivity index is 2.92. The molecule has 0 radical (unpaired) electrons. The zero-order valence-corrected chi connectivity index (χ0v) is 7.89. The summed E-state index contributed by atoms with van der Waals surface area (Å²) < 4.78 is 1.24. The van der Waals surface area contributed by atoms with Crippen LogP contribution in [0.15, 0.2) is 12.3 Å². The molecule has 0 aromatic carbocycles. The van der Waals surface area contributed by atoms with Gasteiger partial charge >= 0.3 is 5.97 Å². The van der Waals surface area contributed by atoms with Gasteiger partial charge in [-0.3, -0.25) is 4.79 Å². The van der Waals surface area contributed by atoms with E-state index >= 15 is 0 Å². The third-order valence-corrected chi connectivity index (χ3v) is 1.70. The van der Waals surface area contributed by atoms with Crippen molar-refractivity contribution in [3.63, 3.8) is 0 Å². The fourth-order valence-electron chi connectivity index (χ4n) is 1.01. The monoisotopic (exact) mass is 197 g/mol. The Kier molecular flexibility index (Phi) is 2.85. The molecule has 1 aromatic rings. The Morgan fingerprint density at radius 1 is 1.64 bits per heavy atom. The maximum absolute atomic E-state index is 10.8. The van der Waals surface area contributed by atoms with Crippen molar-refractivity contribution in [3.8, 4) is 0 Å². The number of nitrogens with one attached hydrogen (secondary N) is 1. The number of carboxylic acids is 1. The Bertz CT molecular complexity index is 358. The first-order valence-electron chi connectivity index (χ1n) is 4.06. The molecule has 0 aliphatic rings. The number of carbonyl (C=O) groups excluding carboxylic acids is 1. The molecule has 0 spiro atoms. The van der Waals surface area contributed by atoms with Gasteiger partial charge in [0.2, 0.25) is 5.91 Å². The maximum Gasteiger partial charge on any atom is 0.328 e. The van der Waals surface area contributed by atoms with Crippen LogP contribution in [0.4, 0.5) is 5.82 Å². The highest BCUT2D eigenvalue weighted by Gasteiger charge is 2.17. The van der Waals surface area contributed by atoms with E-state index in [9.17, 15) is 9.59 Å². The quantitative estimate of drug-likeness (QED) is 0.738. The second kappa shape index (κ2) is 3.91. The zero-order valence-electron chi connectivity index (χ0n) is 7.89. The van der Waals surface area contributed by atoms with Gasteiger partial charge in [-0.1, -0.05) is 0 Å². The third kappa shape index (κ3) is 2.09. The van der Waals surface area contributed by atoms with Crippen molar-refractivity contribution in [3.05, 3.63) is 12.3 Å². The molecule has 0 saturated carbocycles. The highest BCUT2D eigenvalue weighted by Crippen LogP contribution is 2.13. The Labute approximate surface area is 80.5 Å². The molecule has 1 atom stereocenters. The highest BCUT2D eigenvalue weighted by molar-refractivity contribution is 5.88. The van der Waals surface area contributed by atoms with Gasteiger partial charge < -0.3 is 10.4 Å². The van der Waals surface area contributed by atoms with Crippen LogP contribution in [-0.2, 0) is 9.59 Å². The molecule has 2 N–H and O–H groups in total. The largest absolute Gasteiger partial charge is 0.480 e. The standard InChI is InChI=1S/C8H11N3O3/c1-5(8(13)14)11-7(3-4-9-11)10-6(2)12/h3-5H,1-2H3,(H,10,12)(H,13,14). The number of aliphatic carboxylic acids is 1. The lowest BCUT2D eigenvalue weighted by molar-refractivity contribution is -0.140. The van der Waals surface area contributed by atoms with Crippen LogP contribution in [-0.4, -0.2) is 26.8 Å². The van der Waals surface area contributed by atoms with Gasteiger partial charge in [0.15, 0.2) is 0 Å². The first kappa shape index (κ1) is 10.2. The summed E-state index contributed by atoms with van der Waals surface area (Å²) >= 11 is 0. The van der Waals surface area contributed by atoms with Gasteiger partial charge in [-0.05, 0) is 6.92 Å². The summed E-state index contributed by atoms with van der Waals surface area (Å²) in [6, 6.07) is 0.743. The van der Waals surface area contributed by atoms with E-state index in [1.165, 1.54) is 24.7 Å². The van der Waals surface area contributed by atoms with E-state index < -0.39 is 12.0 Å². The molecule has 6 nitrogen and oxygen atoms in total. The van der Waals surface area contributed by atoms with Crippen LogP contribution in [0.5, 0.6) is 0 Å². The van der Waals surface area contributed by atoms with Gasteiger partial charge in [0, 0.05) is 13.0 Å². The number of rotatable bonds is 3. The Morgan fingerprint density at radius 3 is 2.79 bits per heavy atom. The average molecular weight is 197 g/mol. The third-order valence-electron chi connectivity index (χ3n) is 1.70. The van der Waals surface area contributed by atoms with E-state index in [0.29, 0.717) is 5.82 Å². The number of nitrogens with zero attached hydrogens (tertiary/aromatic N) is 2. The van der Waals surface area contributed by atoms with Crippen molar-refractivity contribution < 1.29 is 14.7 Å². The summed E-state index contributed by atoms with van der Waals surface area (Å²) in [5, 5.41) is 15.0. The zero-order chi connectivity index (χ0) is 10.7. The minimum Gasteiger partial charge on any atom is -0.480 e. The van der Waals surface area contributed by atoms with E-state index in [1.807, 2.05) is 0 Å². The van der Waals surface area contributed by atoms with E-state index in [0.717, 1.165) is 0 Å². The van der Waals surface area contributed by atoms with Crippen LogP contribution < -0.4 is 5.32 Å². The molecule has 0 fully saturated rings. The molecule has 0 bridgehead atoms. The van der Waals surface area contributed by atoms with E-state index in [-0.39, 0.29) is 5.91 Å². The number of hydrogen-bond acceptors (Lipinski definition) is 3. The molecule has 6 heteroatoms. The molecule has 0 saturated heterocycles. The minimum absolute atomic E-state index is 0.260. The van der Waals surface area contributed by atoms with Crippen LogP contribution in [0, 0.1) is 0 Å². The molecule has 76 valence electrons. The molecule has 1 unspecified atom stereocenters. The maximum atomic E-state index is 10.8. The van der Waals surface area contributed by atoms with Crippen LogP contribution in [0.3, 0.4) is 0 Å². The number of carbonyl (C=O) groups is 2. The van der Waals surface area contributed by atoms with Crippen LogP contribution in [0.1, 0.15) is 19.9 Å². The number of amides is 1. The lowest BCUT2D eigenvalue weighted by atomic mass is 10.3. The van der Waals surface area contributed by atoms with Crippen LogP contribution in [0.2, 0.25) is 0 Å². The normalized spacial score (nSPS) is 12.1. The second-order valence-electron chi connectivity index (χ2n) is 2.86. The lowest BCUT2D eigenvalue weighted by Gasteiger charge is -2.10. The number of carboxylic acid groups (broad SMARTS) is 1. The van der Waals surface area contributed by atoms with Gasteiger partial charge in [-0.2, -0.15) is 5.10 Å². The van der Waals surface area contributed by atoms with Gasteiger partial charge in [-0.25, -0.2) is 9.48 Å². The fourth-order valence-corrected chi connectivity index (χ4v) is 1.01. The SMILES string of the molecule is CC(=O)Nc1ccnn1C(C)C(=O)O. The number of aromatic nitrogens is 2. The predicted molar refractivity (Wildman–Crippen MR) is 48.9 cm³/mol. The summed E-state index contributed by atoms with van der Waals surface area (Å²) in [6.07, 6.45) is 1.44. The van der Waals surface area contributed by atoms with Gasteiger partial charge in [-0.15, -0.1) is 0 Å². The lowest BCUT2D eigenvalue weighted by Crippen LogP contribution is -2.20. The smallest absolute Gasteiger partial charge is 0.328 e. The molecule has 1 heterocycles. The molecule has 0 aliphatic carbocycles. The first-order valence-corrected chi connectivity index (χ1v) is 4.06. The highest BCUT2D eigenvalue weighted by atomic mass is 16.4. The summed E-state index contributed by atoms with van der Waals surface area (Å²) in [5.74, 6) is -0.878.